The summed E-state index contributed by atoms with van der Waals surface area (Å²) in [7, 11) is -3.85. The Kier molecular flexibility index (Phi) is 5.76. The zero-order valence-electron chi connectivity index (χ0n) is 10.1. The van der Waals surface area contributed by atoms with E-state index >= 15 is 0 Å². The zero-order valence-corrected chi connectivity index (χ0v) is 10.9. The summed E-state index contributed by atoms with van der Waals surface area (Å²) in [6, 6.07) is 1.96. The quantitative estimate of drug-likeness (QED) is 0.486. The van der Waals surface area contributed by atoms with E-state index in [-0.39, 0.29) is 5.09 Å². The molecule has 0 amide bonds. The highest BCUT2D eigenvalue weighted by Crippen LogP contribution is 2.14. The van der Waals surface area contributed by atoms with Crippen molar-refractivity contribution in [3.63, 3.8) is 0 Å². The molecule has 0 radical (unpaired) electrons. The summed E-state index contributed by atoms with van der Waals surface area (Å²) in [6.45, 7) is 2.14. The highest BCUT2D eigenvalue weighted by Gasteiger charge is 2.22. The van der Waals surface area contributed by atoms with Crippen LogP contribution in [0.15, 0.2) is 21.6 Å². The van der Waals surface area contributed by atoms with E-state index in [0.29, 0.717) is 12.3 Å². The molecule has 4 N–H and O–H groups in total. The number of sulfonamides is 1. The van der Waals surface area contributed by atoms with Crippen molar-refractivity contribution in [3.05, 3.63) is 17.9 Å². The third kappa shape index (κ3) is 4.07. The Morgan fingerprint density at radius 1 is 1.33 bits per heavy atom. The number of hydrogen-bond acceptors (Lipinski definition) is 6. The van der Waals surface area contributed by atoms with Crippen LogP contribution in [-0.2, 0) is 16.6 Å². The first kappa shape index (κ1) is 15.1. The first-order chi connectivity index (χ1) is 8.53. The van der Waals surface area contributed by atoms with Gasteiger partial charge in [-0.25, -0.2) is 13.1 Å². The fourth-order valence-electron chi connectivity index (χ4n) is 1.26. The molecule has 0 atom stereocenters. The molecule has 0 fully saturated rings. The van der Waals surface area contributed by atoms with Gasteiger partial charge in [-0.05, 0) is 18.7 Å². The van der Waals surface area contributed by atoms with Crippen LogP contribution >= 0.6 is 0 Å². The smallest absolute Gasteiger partial charge is 0.274 e. The minimum Gasteiger partial charge on any atom is -0.447 e. The molecule has 1 rings (SSSR count). The van der Waals surface area contributed by atoms with Crippen molar-refractivity contribution in [3.8, 4) is 0 Å². The highest BCUT2D eigenvalue weighted by atomic mass is 32.2. The van der Waals surface area contributed by atoms with Crippen LogP contribution in [0.4, 0.5) is 0 Å². The molecule has 0 aliphatic heterocycles. The Morgan fingerprint density at radius 2 is 2.00 bits per heavy atom. The van der Waals surface area contributed by atoms with E-state index in [2.05, 4.69) is 10.0 Å². The molecule has 0 aliphatic rings. The third-order valence-corrected chi connectivity index (χ3v) is 3.61. The Morgan fingerprint density at radius 3 is 2.56 bits per heavy atom. The lowest BCUT2D eigenvalue weighted by molar-refractivity contribution is 0.184. The monoisotopic (exact) mass is 278 g/mol. The average molecular weight is 278 g/mol. The molecule has 1 heterocycles. The Bertz CT molecular complexity index is 453. The molecule has 0 bridgehead atoms. The van der Waals surface area contributed by atoms with Gasteiger partial charge in [-0.1, -0.05) is 6.92 Å². The van der Waals surface area contributed by atoms with Crippen LogP contribution in [-0.4, -0.2) is 44.4 Å². The summed E-state index contributed by atoms with van der Waals surface area (Å²) in [6.07, 6.45) is 0. The third-order valence-electron chi connectivity index (χ3n) is 2.21. The molecule has 1 aromatic rings. The summed E-state index contributed by atoms with van der Waals surface area (Å²) >= 11 is 0. The zero-order chi connectivity index (χ0) is 13.6. The molecular formula is C10H18N2O5S. The molecule has 0 saturated carbocycles. The first-order valence-corrected chi connectivity index (χ1v) is 7.05. The van der Waals surface area contributed by atoms with Crippen molar-refractivity contribution >= 4 is 10.0 Å². The van der Waals surface area contributed by atoms with Gasteiger partial charge in [0.15, 0.2) is 0 Å². The van der Waals surface area contributed by atoms with Gasteiger partial charge >= 0.3 is 0 Å². The second kappa shape index (κ2) is 6.86. The van der Waals surface area contributed by atoms with E-state index < -0.39 is 29.3 Å². The standard InChI is InChI=1S/C10H18N2O5S/c1-2-11-5-9-3-4-10(17-9)18(15,16)12-8(6-13)7-14/h3-4,8,11-14H,2,5-7H2,1H3. The van der Waals surface area contributed by atoms with Crippen molar-refractivity contribution in [2.24, 2.45) is 0 Å². The van der Waals surface area contributed by atoms with Crippen molar-refractivity contribution in [1.29, 1.82) is 0 Å². The summed E-state index contributed by atoms with van der Waals surface area (Å²) in [5.41, 5.74) is 0. The summed E-state index contributed by atoms with van der Waals surface area (Å²) in [5, 5.41) is 20.4. The SMILES string of the molecule is CCNCc1ccc(S(=O)(=O)NC(CO)CO)o1. The Balaban J connectivity index is 2.75. The van der Waals surface area contributed by atoms with Gasteiger partial charge in [0.2, 0.25) is 5.09 Å². The van der Waals surface area contributed by atoms with Crippen LogP contribution in [0.2, 0.25) is 0 Å². The lowest BCUT2D eigenvalue weighted by atomic mass is 10.4. The van der Waals surface area contributed by atoms with Gasteiger partial charge < -0.3 is 19.9 Å². The second-order valence-electron chi connectivity index (χ2n) is 3.68. The van der Waals surface area contributed by atoms with Crippen molar-refractivity contribution in [1.82, 2.24) is 10.0 Å². The van der Waals surface area contributed by atoms with Crippen LogP contribution in [0, 0.1) is 0 Å². The van der Waals surface area contributed by atoms with E-state index in [1.165, 1.54) is 6.07 Å². The Labute approximate surface area is 106 Å². The van der Waals surface area contributed by atoms with Gasteiger partial charge in [0.1, 0.15) is 5.76 Å². The van der Waals surface area contributed by atoms with E-state index in [1.54, 1.807) is 6.07 Å². The van der Waals surface area contributed by atoms with Gasteiger partial charge in [0, 0.05) is 0 Å². The maximum atomic E-state index is 11.8. The highest BCUT2D eigenvalue weighted by molar-refractivity contribution is 7.89. The van der Waals surface area contributed by atoms with E-state index in [9.17, 15) is 8.42 Å². The number of rotatable bonds is 8. The van der Waals surface area contributed by atoms with Crippen LogP contribution < -0.4 is 10.0 Å². The molecule has 7 nitrogen and oxygen atoms in total. The predicted molar refractivity (Wildman–Crippen MR) is 64.4 cm³/mol. The van der Waals surface area contributed by atoms with Crippen molar-refractivity contribution < 1.29 is 23.0 Å². The lowest BCUT2D eigenvalue weighted by Gasteiger charge is -2.11. The molecule has 8 heteroatoms. The molecule has 0 saturated heterocycles. The van der Waals surface area contributed by atoms with E-state index in [1.807, 2.05) is 6.92 Å². The number of aliphatic hydroxyl groups excluding tert-OH is 2. The molecule has 0 spiro atoms. The molecule has 1 aromatic heterocycles. The maximum Gasteiger partial charge on any atom is 0.274 e. The number of hydrogen-bond donors (Lipinski definition) is 4. The van der Waals surface area contributed by atoms with Crippen LogP contribution in [0.1, 0.15) is 12.7 Å². The lowest BCUT2D eigenvalue weighted by Crippen LogP contribution is -2.39. The minimum atomic E-state index is -3.85. The summed E-state index contributed by atoms with van der Waals surface area (Å²) in [5.74, 6) is 0.502. The van der Waals surface area contributed by atoms with Gasteiger partial charge in [0.25, 0.3) is 10.0 Å². The predicted octanol–water partition coefficient (Wildman–Crippen LogP) is -0.979. The molecule has 0 aromatic carbocycles. The maximum absolute atomic E-state index is 11.8. The molecule has 0 unspecified atom stereocenters. The van der Waals surface area contributed by atoms with E-state index in [0.717, 1.165) is 6.54 Å². The molecule has 18 heavy (non-hydrogen) atoms. The van der Waals surface area contributed by atoms with E-state index in [4.69, 9.17) is 14.6 Å². The fourth-order valence-corrected chi connectivity index (χ4v) is 2.42. The first-order valence-electron chi connectivity index (χ1n) is 5.57. The normalized spacial score (nSPS) is 12.2. The van der Waals surface area contributed by atoms with Crippen molar-refractivity contribution in [2.75, 3.05) is 19.8 Å². The van der Waals surface area contributed by atoms with Gasteiger partial charge in [-0.3, -0.25) is 0 Å². The molecule has 0 aliphatic carbocycles. The number of furan rings is 1. The molecule has 104 valence electrons. The van der Waals surface area contributed by atoms with Crippen LogP contribution in [0.25, 0.3) is 0 Å². The topological polar surface area (TPSA) is 112 Å². The van der Waals surface area contributed by atoms with Gasteiger partial charge in [0.05, 0.1) is 25.8 Å². The number of nitrogens with one attached hydrogen (secondary N) is 2. The van der Waals surface area contributed by atoms with Crippen molar-refractivity contribution in [2.45, 2.75) is 24.6 Å². The largest absolute Gasteiger partial charge is 0.447 e. The molecular weight excluding hydrogens is 260 g/mol. The number of aliphatic hydroxyl groups is 2. The summed E-state index contributed by atoms with van der Waals surface area (Å²) < 4.78 is 30.9. The minimum absolute atomic E-state index is 0.234. The van der Waals surface area contributed by atoms with Crippen LogP contribution in [0.3, 0.4) is 0 Å². The van der Waals surface area contributed by atoms with Crippen LogP contribution in [0.5, 0.6) is 0 Å². The fraction of sp³-hybridized carbons (Fsp3) is 0.600. The average Bonchev–Trinajstić information content (AvgIpc) is 2.83. The Hall–Kier alpha value is -0.930. The van der Waals surface area contributed by atoms with Gasteiger partial charge in [-0.15, -0.1) is 0 Å². The second-order valence-corrected chi connectivity index (χ2v) is 5.33. The van der Waals surface area contributed by atoms with Gasteiger partial charge in [-0.2, -0.15) is 0 Å². The summed E-state index contributed by atoms with van der Waals surface area (Å²) in [4.78, 5) is 0.